The number of carboxylic acid groups (broad SMARTS) is 1. The molecule has 0 fully saturated rings. The van der Waals surface area contributed by atoms with Gasteiger partial charge < -0.3 is 14.6 Å². The number of methoxy groups -OCH3 is 1. The van der Waals surface area contributed by atoms with Crippen LogP contribution in [0.2, 0.25) is 0 Å². The minimum atomic E-state index is -0.741. The lowest BCUT2D eigenvalue weighted by atomic mass is 9.87. The summed E-state index contributed by atoms with van der Waals surface area (Å²) in [5, 5.41) is 9.02. The van der Waals surface area contributed by atoms with Gasteiger partial charge in [-0.15, -0.1) is 0 Å². The van der Waals surface area contributed by atoms with E-state index >= 15 is 0 Å². The van der Waals surface area contributed by atoms with Crippen molar-refractivity contribution in [1.82, 2.24) is 0 Å². The van der Waals surface area contributed by atoms with Crippen LogP contribution in [-0.2, 0) is 16.0 Å². The molecular weight excluding hydrogens is 268 g/mol. The molecule has 0 saturated heterocycles. The molecule has 1 aromatic carbocycles. The van der Waals surface area contributed by atoms with E-state index < -0.39 is 11.4 Å². The Labute approximate surface area is 127 Å². The van der Waals surface area contributed by atoms with Crippen LogP contribution in [0.25, 0.3) is 0 Å². The maximum absolute atomic E-state index is 11.0. The first-order valence-corrected chi connectivity index (χ1v) is 7.40. The van der Waals surface area contributed by atoms with Gasteiger partial charge >= 0.3 is 5.97 Å². The van der Waals surface area contributed by atoms with Crippen LogP contribution in [0.3, 0.4) is 0 Å². The maximum Gasteiger partial charge on any atom is 0.309 e. The van der Waals surface area contributed by atoms with Gasteiger partial charge in [-0.1, -0.05) is 12.1 Å². The Hall–Kier alpha value is -1.55. The molecule has 118 valence electrons. The molecule has 0 aliphatic heterocycles. The molecule has 4 nitrogen and oxygen atoms in total. The first-order valence-electron chi connectivity index (χ1n) is 7.40. The number of aliphatic carboxylic acids is 1. The molecule has 4 heteroatoms. The van der Waals surface area contributed by atoms with Crippen molar-refractivity contribution in [2.45, 2.75) is 39.5 Å². The number of unbranched alkanes of at least 4 members (excludes halogenated alkanes) is 1. The lowest BCUT2D eigenvalue weighted by molar-refractivity contribution is -0.147. The second kappa shape index (κ2) is 8.67. The van der Waals surface area contributed by atoms with E-state index in [1.54, 1.807) is 21.0 Å². The van der Waals surface area contributed by atoms with Crippen molar-refractivity contribution in [2.24, 2.45) is 5.41 Å². The molecule has 0 heterocycles. The lowest BCUT2D eigenvalue weighted by Gasteiger charge is -2.18. The summed E-state index contributed by atoms with van der Waals surface area (Å²) in [7, 11) is 1.70. The first kappa shape index (κ1) is 17.5. The van der Waals surface area contributed by atoms with Gasteiger partial charge in [-0.25, -0.2) is 0 Å². The van der Waals surface area contributed by atoms with Crippen LogP contribution in [0.4, 0.5) is 0 Å². The minimum absolute atomic E-state index is 0.618. The summed E-state index contributed by atoms with van der Waals surface area (Å²) in [6.07, 6.45) is 3.29. The average Bonchev–Trinajstić information content (AvgIpc) is 2.45. The predicted molar refractivity (Wildman–Crippen MR) is 82.8 cm³/mol. The summed E-state index contributed by atoms with van der Waals surface area (Å²) in [6, 6.07) is 8.02. The van der Waals surface area contributed by atoms with E-state index in [1.807, 2.05) is 24.3 Å². The summed E-state index contributed by atoms with van der Waals surface area (Å²) < 4.78 is 10.7. The normalized spacial score (nSPS) is 11.4. The number of benzene rings is 1. The Balaban J connectivity index is 2.22. The highest BCUT2D eigenvalue weighted by Crippen LogP contribution is 2.23. The van der Waals surface area contributed by atoms with E-state index in [9.17, 15) is 4.79 Å². The third kappa shape index (κ3) is 6.63. The average molecular weight is 294 g/mol. The molecule has 0 aliphatic rings. The highest BCUT2D eigenvalue weighted by molar-refractivity contribution is 5.73. The topological polar surface area (TPSA) is 55.8 Å². The van der Waals surface area contributed by atoms with E-state index in [0.717, 1.165) is 31.6 Å². The molecule has 21 heavy (non-hydrogen) atoms. The monoisotopic (exact) mass is 294 g/mol. The number of carboxylic acids is 1. The van der Waals surface area contributed by atoms with Crippen LogP contribution in [0.1, 0.15) is 38.7 Å². The van der Waals surface area contributed by atoms with Gasteiger partial charge in [-0.3, -0.25) is 4.79 Å². The van der Waals surface area contributed by atoms with E-state index in [0.29, 0.717) is 13.0 Å². The second-order valence-electron chi connectivity index (χ2n) is 5.88. The van der Waals surface area contributed by atoms with Gasteiger partial charge in [0.2, 0.25) is 0 Å². The summed E-state index contributed by atoms with van der Waals surface area (Å²) in [6.45, 7) is 4.86. The maximum atomic E-state index is 11.0. The van der Waals surface area contributed by atoms with Gasteiger partial charge in [0.05, 0.1) is 18.6 Å². The van der Waals surface area contributed by atoms with Crippen LogP contribution >= 0.6 is 0 Å². The van der Waals surface area contributed by atoms with Crippen molar-refractivity contribution in [3.63, 3.8) is 0 Å². The molecule has 0 atom stereocenters. The Morgan fingerprint density at radius 3 is 2.38 bits per heavy atom. The minimum Gasteiger partial charge on any atom is -0.494 e. The molecule has 0 saturated carbocycles. The summed E-state index contributed by atoms with van der Waals surface area (Å²) in [5.74, 6) is 0.115. The number of carbonyl (C=O) groups is 1. The summed E-state index contributed by atoms with van der Waals surface area (Å²) in [4.78, 5) is 11.0. The molecule has 0 aliphatic carbocycles. The standard InChI is InChI=1S/C17H26O4/c1-17(2,16(18)19)11-4-5-12-21-15-8-6-14(7-9-15)10-13-20-3/h6-9H,4-5,10-13H2,1-3H3,(H,18,19). The number of ether oxygens (including phenoxy) is 2. The Morgan fingerprint density at radius 2 is 1.81 bits per heavy atom. The van der Waals surface area contributed by atoms with Gasteiger partial charge in [-0.2, -0.15) is 0 Å². The van der Waals surface area contributed by atoms with Gasteiger partial charge in [-0.05, 0) is 57.2 Å². The molecule has 0 aromatic heterocycles. The third-order valence-corrected chi connectivity index (χ3v) is 3.56. The number of rotatable bonds is 10. The molecule has 0 amide bonds. The van der Waals surface area contributed by atoms with Crippen LogP contribution < -0.4 is 4.74 Å². The predicted octanol–water partition coefficient (Wildman–Crippen LogP) is 3.54. The van der Waals surface area contributed by atoms with E-state index in [1.165, 1.54) is 5.56 Å². The fourth-order valence-corrected chi connectivity index (χ4v) is 1.94. The molecule has 0 unspecified atom stereocenters. The first-order chi connectivity index (χ1) is 9.95. The van der Waals surface area contributed by atoms with Crippen LogP contribution in [0.5, 0.6) is 5.75 Å². The molecule has 0 bridgehead atoms. The highest BCUT2D eigenvalue weighted by Gasteiger charge is 2.25. The molecule has 1 aromatic rings. The van der Waals surface area contributed by atoms with Crippen LogP contribution in [-0.4, -0.2) is 31.4 Å². The van der Waals surface area contributed by atoms with E-state index in [4.69, 9.17) is 14.6 Å². The van der Waals surface area contributed by atoms with E-state index in [2.05, 4.69) is 0 Å². The third-order valence-electron chi connectivity index (χ3n) is 3.56. The molecule has 0 spiro atoms. The second-order valence-corrected chi connectivity index (χ2v) is 5.88. The largest absolute Gasteiger partial charge is 0.494 e. The SMILES string of the molecule is COCCc1ccc(OCCCCC(C)(C)C(=O)O)cc1. The lowest BCUT2D eigenvalue weighted by Crippen LogP contribution is -2.23. The van der Waals surface area contributed by atoms with Crippen molar-refractivity contribution in [2.75, 3.05) is 20.3 Å². The van der Waals surface area contributed by atoms with Crippen molar-refractivity contribution in [3.05, 3.63) is 29.8 Å². The summed E-state index contributed by atoms with van der Waals surface area (Å²) in [5.41, 5.74) is 0.579. The molecule has 0 radical (unpaired) electrons. The Bertz CT molecular complexity index is 423. The fourth-order valence-electron chi connectivity index (χ4n) is 1.94. The van der Waals surface area contributed by atoms with E-state index in [-0.39, 0.29) is 0 Å². The van der Waals surface area contributed by atoms with Crippen LogP contribution in [0, 0.1) is 5.41 Å². The Morgan fingerprint density at radius 1 is 1.14 bits per heavy atom. The quantitative estimate of drug-likeness (QED) is 0.671. The number of hydrogen-bond acceptors (Lipinski definition) is 3. The van der Waals surface area contributed by atoms with Gasteiger partial charge in [0.25, 0.3) is 0 Å². The highest BCUT2D eigenvalue weighted by atomic mass is 16.5. The van der Waals surface area contributed by atoms with Crippen molar-refractivity contribution < 1.29 is 19.4 Å². The molecule has 1 N–H and O–H groups in total. The smallest absolute Gasteiger partial charge is 0.309 e. The van der Waals surface area contributed by atoms with Gasteiger partial charge in [0.15, 0.2) is 0 Å². The number of hydrogen-bond donors (Lipinski definition) is 1. The molecule has 1 rings (SSSR count). The van der Waals surface area contributed by atoms with Crippen molar-refractivity contribution >= 4 is 5.97 Å². The summed E-state index contributed by atoms with van der Waals surface area (Å²) >= 11 is 0. The van der Waals surface area contributed by atoms with Crippen molar-refractivity contribution in [1.29, 1.82) is 0 Å². The van der Waals surface area contributed by atoms with Gasteiger partial charge in [0, 0.05) is 7.11 Å². The zero-order chi connectivity index (χ0) is 15.7. The fraction of sp³-hybridized carbons (Fsp3) is 0.588. The van der Waals surface area contributed by atoms with Gasteiger partial charge in [0.1, 0.15) is 5.75 Å². The zero-order valence-corrected chi connectivity index (χ0v) is 13.2. The van der Waals surface area contributed by atoms with Crippen molar-refractivity contribution in [3.8, 4) is 5.75 Å². The Kier molecular flexibility index (Phi) is 7.23. The zero-order valence-electron chi connectivity index (χ0n) is 13.2. The molecular formula is C17H26O4. The van der Waals surface area contributed by atoms with Crippen LogP contribution in [0.15, 0.2) is 24.3 Å².